The van der Waals surface area contributed by atoms with E-state index in [1.54, 1.807) is 6.07 Å². The van der Waals surface area contributed by atoms with Crippen LogP contribution in [0.15, 0.2) is 46.9 Å². The Morgan fingerprint density at radius 3 is 2.41 bits per heavy atom. The quantitative estimate of drug-likeness (QED) is 0.662. The van der Waals surface area contributed by atoms with E-state index in [0.717, 1.165) is 21.5 Å². The van der Waals surface area contributed by atoms with Gasteiger partial charge in [-0.2, -0.15) is 0 Å². The Labute approximate surface area is 118 Å². The second-order valence-electron chi connectivity index (χ2n) is 3.44. The van der Waals surface area contributed by atoms with E-state index in [2.05, 4.69) is 15.9 Å². The Bertz CT molecular complexity index is 511. The van der Waals surface area contributed by atoms with E-state index in [4.69, 9.17) is 27.9 Å². The van der Waals surface area contributed by atoms with Gasteiger partial charge >= 0.3 is 0 Å². The van der Waals surface area contributed by atoms with Gasteiger partial charge in [0.15, 0.2) is 0 Å². The number of hydrogen-bond acceptors (Lipinski definition) is 1. The zero-order chi connectivity index (χ0) is 12.3. The van der Waals surface area contributed by atoms with E-state index < -0.39 is 0 Å². The molecule has 1 nitrogen and oxygen atoms in total. The summed E-state index contributed by atoms with van der Waals surface area (Å²) in [5.41, 5.74) is 0.877. The number of rotatable bonds is 3. The normalized spacial score (nSPS) is 10.3. The van der Waals surface area contributed by atoms with Gasteiger partial charge in [-0.25, -0.2) is 0 Å². The van der Waals surface area contributed by atoms with Gasteiger partial charge in [-0.1, -0.05) is 27.5 Å². The van der Waals surface area contributed by atoms with Gasteiger partial charge in [0.1, 0.15) is 11.5 Å². The highest BCUT2D eigenvalue weighted by Crippen LogP contribution is 2.29. The van der Waals surface area contributed by atoms with Crippen LogP contribution in [0.2, 0.25) is 5.02 Å². The monoisotopic (exact) mass is 330 g/mol. The average molecular weight is 332 g/mol. The third kappa shape index (κ3) is 3.38. The van der Waals surface area contributed by atoms with Crippen LogP contribution < -0.4 is 4.74 Å². The summed E-state index contributed by atoms with van der Waals surface area (Å²) in [6.07, 6.45) is 0. The van der Waals surface area contributed by atoms with Gasteiger partial charge in [-0.3, -0.25) is 0 Å². The van der Waals surface area contributed by atoms with Crippen molar-refractivity contribution in [2.75, 3.05) is 0 Å². The molecule has 0 unspecified atom stereocenters. The predicted octanol–water partition coefficient (Wildman–Crippen LogP) is 5.63. The molecule has 2 aromatic carbocycles. The SMILES string of the molecule is ClCc1cc(Cl)ccc1Oc1ccc(Br)cc1. The lowest BCUT2D eigenvalue weighted by Crippen LogP contribution is -1.89. The van der Waals surface area contributed by atoms with Crippen molar-refractivity contribution in [1.29, 1.82) is 0 Å². The highest BCUT2D eigenvalue weighted by molar-refractivity contribution is 9.10. The molecule has 2 aromatic rings. The summed E-state index contributed by atoms with van der Waals surface area (Å²) in [6.45, 7) is 0. The van der Waals surface area contributed by atoms with E-state index in [0.29, 0.717) is 10.9 Å². The first-order valence-corrected chi connectivity index (χ1v) is 6.67. The lowest BCUT2D eigenvalue weighted by Gasteiger charge is -2.09. The summed E-state index contributed by atoms with van der Waals surface area (Å²) in [5, 5.41) is 0.656. The maximum Gasteiger partial charge on any atom is 0.131 e. The summed E-state index contributed by atoms with van der Waals surface area (Å²) < 4.78 is 6.76. The number of ether oxygens (including phenoxy) is 1. The summed E-state index contributed by atoms with van der Waals surface area (Å²) in [4.78, 5) is 0. The molecule has 4 heteroatoms. The smallest absolute Gasteiger partial charge is 0.131 e. The lowest BCUT2D eigenvalue weighted by atomic mass is 10.2. The molecule has 0 spiro atoms. The van der Waals surface area contributed by atoms with E-state index >= 15 is 0 Å². The number of alkyl halides is 1. The van der Waals surface area contributed by atoms with Crippen molar-refractivity contribution in [1.82, 2.24) is 0 Å². The molecule has 0 aliphatic rings. The molecule has 0 heterocycles. The Morgan fingerprint density at radius 2 is 1.76 bits per heavy atom. The third-order valence-electron chi connectivity index (χ3n) is 2.21. The Hall–Kier alpha value is -0.700. The van der Waals surface area contributed by atoms with Gasteiger partial charge in [0.05, 0.1) is 5.88 Å². The highest BCUT2D eigenvalue weighted by Gasteiger charge is 2.05. The van der Waals surface area contributed by atoms with Gasteiger partial charge in [-0.05, 0) is 42.5 Å². The Balaban J connectivity index is 2.26. The van der Waals surface area contributed by atoms with Crippen LogP contribution in [0.4, 0.5) is 0 Å². The zero-order valence-corrected chi connectivity index (χ0v) is 11.9. The number of benzene rings is 2. The molecule has 0 atom stereocenters. The molecule has 0 saturated carbocycles. The summed E-state index contributed by atoms with van der Waals surface area (Å²) >= 11 is 15.1. The lowest BCUT2D eigenvalue weighted by molar-refractivity contribution is 0.478. The minimum atomic E-state index is 0.367. The molecule has 0 aromatic heterocycles. The fourth-order valence-corrected chi connectivity index (χ4v) is 2.05. The minimum absolute atomic E-state index is 0.367. The van der Waals surface area contributed by atoms with Crippen LogP contribution in [0.25, 0.3) is 0 Å². The maximum absolute atomic E-state index is 5.90. The minimum Gasteiger partial charge on any atom is -0.457 e. The van der Waals surface area contributed by atoms with Crippen molar-refractivity contribution < 1.29 is 4.74 Å². The van der Waals surface area contributed by atoms with Crippen molar-refractivity contribution in [3.8, 4) is 11.5 Å². The first-order chi connectivity index (χ1) is 8.19. The fraction of sp³-hybridized carbons (Fsp3) is 0.0769. The molecule has 0 aliphatic carbocycles. The molecule has 17 heavy (non-hydrogen) atoms. The van der Waals surface area contributed by atoms with Crippen LogP contribution in [0.5, 0.6) is 11.5 Å². The largest absolute Gasteiger partial charge is 0.457 e. The van der Waals surface area contributed by atoms with E-state index in [-0.39, 0.29) is 0 Å². The number of hydrogen-bond donors (Lipinski definition) is 0. The molecule has 0 fully saturated rings. The van der Waals surface area contributed by atoms with Gasteiger partial charge in [-0.15, -0.1) is 11.6 Å². The van der Waals surface area contributed by atoms with Gasteiger partial charge < -0.3 is 4.74 Å². The van der Waals surface area contributed by atoms with E-state index in [1.165, 1.54) is 0 Å². The van der Waals surface area contributed by atoms with Gasteiger partial charge in [0.25, 0.3) is 0 Å². The summed E-state index contributed by atoms with van der Waals surface area (Å²) in [7, 11) is 0. The Kier molecular flexibility index (Phi) is 4.32. The second-order valence-corrected chi connectivity index (χ2v) is 5.06. The molecular formula is C13H9BrCl2O. The molecule has 0 N–H and O–H groups in total. The average Bonchev–Trinajstić information content (AvgIpc) is 2.34. The van der Waals surface area contributed by atoms with Crippen LogP contribution in [0.1, 0.15) is 5.56 Å². The van der Waals surface area contributed by atoms with Crippen molar-refractivity contribution in [2.24, 2.45) is 0 Å². The van der Waals surface area contributed by atoms with Gasteiger partial charge in [0, 0.05) is 15.1 Å². The highest BCUT2D eigenvalue weighted by atomic mass is 79.9. The standard InChI is InChI=1S/C13H9BrCl2O/c14-10-1-4-12(5-2-10)17-13-6-3-11(16)7-9(13)8-15/h1-7H,8H2. The first-order valence-electron chi connectivity index (χ1n) is 4.97. The van der Waals surface area contributed by atoms with Crippen LogP contribution >= 0.6 is 39.1 Å². The zero-order valence-electron chi connectivity index (χ0n) is 8.79. The van der Waals surface area contributed by atoms with Crippen LogP contribution in [0.3, 0.4) is 0 Å². The van der Waals surface area contributed by atoms with Crippen molar-refractivity contribution >= 4 is 39.1 Å². The summed E-state index contributed by atoms with van der Waals surface area (Å²) in [6, 6.07) is 13.0. The molecule has 0 bridgehead atoms. The van der Waals surface area contributed by atoms with Gasteiger partial charge in [0.2, 0.25) is 0 Å². The van der Waals surface area contributed by atoms with Crippen LogP contribution in [-0.4, -0.2) is 0 Å². The first kappa shape index (κ1) is 12.7. The predicted molar refractivity (Wildman–Crippen MR) is 75.2 cm³/mol. The molecule has 88 valence electrons. The Morgan fingerprint density at radius 1 is 1.06 bits per heavy atom. The number of halogens is 3. The maximum atomic E-state index is 5.90. The van der Waals surface area contributed by atoms with E-state index in [9.17, 15) is 0 Å². The van der Waals surface area contributed by atoms with Crippen LogP contribution in [0, 0.1) is 0 Å². The van der Waals surface area contributed by atoms with Crippen LogP contribution in [-0.2, 0) is 5.88 Å². The topological polar surface area (TPSA) is 9.23 Å². The van der Waals surface area contributed by atoms with Crippen molar-refractivity contribution in [2.45, 2.75) is 5.88 Å². The fourth-order valence-electron chi connectivity index (χ4n) is 1.38. The van der Waals surface area contributed by atoms with E-state index in [1.807, 2.05) is 36.4 Å². The molecule has 0 saturated heterocycles. The van der Waals surface area contributed by atoms with Crippen molar-refractivity contribution in [3.05, 3.63) is 57.5 Å². The molecule has 0 aliphatic heterocycles. The molecule has 2 rings (SSSR count). The molecule has 0 amide bonds. The second kappa shape index (κ2) is 5.76. The summed E-state index contributed by atoms with van der Waals surface area (Å²) in [5.74, 6) is 1.86. The van der Waals surface area contributed by atoms with Crippen molar-refractivity contribution in [3.63, 3.8) is 0 Å². The third-order valence-corrected chi connectivity index (χ3v) is 3.26. The molecule has 0 radical (unpaired) electrons. The molecular weight excluding hydrogens is 323 g/mol.